The number of aliphatic carboxylic acids is 1. The molecule has 154 valence electrons. The van der Waals surface area contributed by atoms with Crippen LogP contribution < -0.4 is 0 Å². The Morgan fingerprint density at radius 1 is 1.21 bits per heavy atom. The number of hydrogen-bond acceptors (Lipinski definition) is 5. The van der Waals surface area contributed by atoms with Crippen LogP contribution in [0.25, 0.3) is 0 Å². The highest BCUT2D eigenvalue weighted by atomic mass is 16.6. The monoisotopic (exact) mass is 392 g/mol. The first-order valence-corrected chi connectivity index (χ1v) is 9.33. The molecule has 1 atom stereocenters. The van der Waals surface area contributed by atoms with E-state index < -0.39 is 36.3 Å². The van der Waals surface area contributed by atoms with E-state index in [4.69, 9.17) is 9.47 Å². The Morgan fingerprint density at radius 2 is 1.89 bits per heavy atom. The summed E-state index contributed by atoms with van der Waals surface area (Å²) in [6.45, 7) is 5.63. The molecular weight excluding hydrogens is 364 g/mol. The van der Waals surface area contributed by atoms with Gasteiger partial charge in [-0.25, -0.2) is 9.59 Å². The number of hydrogen-bond donors (Lipinski definition) is 1. The maximum Gasteiger partial charge on any atom is 0.410 e. The number of rotatable bonds is 5. The largest absolute Gasteiger partial charge is 0.480 e. The van der Waals surface area contributed by atoms with Crippen molar-refractivity contribution < 1.29 is 29.0 Å². The van der Waals surface area contributed by atoms with Crippen molar-refractivity contribution in [2.45, 2.75) is 51.9 Å². The zero-order valence-corrected chi connectivity index (χ0v) is 16.6. The van der Waals surface area contributed by atoms with Crippen LogP contribution in [0, 0.1) is 0 Å². The predicted octanol–water partition coefficient (Wildman–Crippen LogP) is 3.11. The molecule has 0 unspecified atom stereocenters. The molecule has 1 aliphatic rings. The summed E-state index contributed by atoms with van der Waals surface area (Å²) in [5.41, 5.74) is 0.185. The van der Waals surface area contributed by atoms with E-state index in [0.29, 0.717) is 19.4 Å². The maximum absolute atomic E-state index is 12.6. The molecule has 1 aliphatic heterocycles. The molecule has 0 radical (unpaired) electrons. The van der Waals surface area contributed by atoms with Gasteiger partial charge in [0.15, 0.2) is 0 Å². The van der Waals surface area contributed by atoms with Gasteiger partial charge < -0.3 is 19.5 Å². The Morgan fingerprint density at radius 3 is 2.50 bits per heavy atom. The van der Waals surface area contributed by atoms with Gasteiger partial charge in [-0.2, -0.15) is 0 Å². The van der Waals surface area contributed by atoms with E-state index in [2.05, 4.69) is 0 Å². The maximum atomic E-state index is 12.6. The Hall–Kier alpha value is -2.77. The van der Waals surface area contributed by atoms with Crippen molar-refractivity contribution in [2.24, 2.45) is 0 Å². The predicted molar refractivity (Wildman–Crippen MR) is 102 cm³/mol. The molecule has 8 nitrogen and oxygen atoms in total. The Balaban J connectivity index is 2.03. The Kier molecular flexibility index (Phi) is 7.25. The third-order valence-corrected chi connectivity index (χ3v) is 4.23. The van der Waals surface area contributed by atoms with Gasteiger partial charge in [-0.05, 0) is 39.2 Å². The number of carboxylic acids is 1. The van der Waals surface area contributed by atoms with Crippen LogP contribution in [0.4, 0.5) is 9.59 Å². The molecule has 28 heavy (non-hydrogen) atoms. The summed E-state index contributed by atoms with van der Waals surface area (Å²) in [4.78, 5) is 38.9. The van der Waals surface area contributed by atoms with Crippen LogP contribution in [0.15, 0.2) is 30.3 Å². The van der Waals surface area contributed by atoms with Crippen LogP contribution in [-0.4, -0.2) is 64.3 Å². The van der Waals surface area contributed by atoms with E-state index in [0.717, 1.165) is 5.56 Å². The lowest BCUT2D eigenvalue weighted by atomic mass is 10.0. The zero-order chi connectivity index (χ0) is 20.7. The fraction of sp³-hybridized carbons (Fsp3) is 0.550. The molecule has 1 aromatic rings. The first kappa shape index (κ1) is 21.5. The molecule has 2 rings (SSSR count). The number of carbonyl (C=O) groups is 3. The first-order valence-electron chi connectivity index (χ1n) is 9.33. The molecule has 1 N–H and O–H groups in total. The van der Waals surface area contributed by atoms with Gasteiger partial charge in [-0.1, -0.05) is 30.3 Å². The van der Waals surface area contributed by atoms with Crippen LogP contribution in [0.1, 0.15) is 39.2 Å². The first-order chi connectivity index (χ1) is 13.2. The highest BCUT2D eigenvalue weighted by Gasteiger charge is 2.34. The van der Waals surface area contributed by atoms with E-state index in [9.17, 15) is 19.5 Å². The van der Waals surface area contributed by atoms with E-state index in [-0.39, 0.29) is 13.2 Å². The molecule has 2 amide bonds. The third-order valence-electron chi connectivity index (χ3n) is 4.23. The lowest BCUT2D eigenvalue weighted by Gasteiger charge is -2.38. The third kappa shape index (κ3) is 6.75. The fourth-order valence-corrected chi connectivity index (χ4v) is 2.99. The van der Waals surface area contributed by atoms with Crippen LogP contribution in [0.3, 0.4) is 0 Å². The van der Waals surface area contributed by atoms with E-state index in [1.54, 1.807) is 20.8 Å². The summed E-state index contributed by atoms with van der Waals surface area (Å²) >= 11 is 0. The van der Waals surface area contributed by atoms with Gasteiger partial charge in [0.2, 0.25) is 0 Å². The fourth-order valence-electron chi connectivity index (χ4n) is 2.99. The second-order valence-electron chi connectivity index (χ2n) is 7.78. The van der Waals surface area contributed by atoms with Crippen molar-refractivity contribution in [3.05, 3.63) is 35.9 Å². The zero-order valence-electron chi connectivity index (χ0n) is 16.6. The quantitative estimate of drug-likeness (QED) is 0.827. The highest BCUT2D eigenvalue weighted by molar-refractivity contribution is 5.77. The molecule has 1 heterocycles. The minimum atomic E-state index is -1.13. The number of benzene rings is 1. The summed E-state index contributed by atoms with van der Waals surface area (Å²) in [6.07, 6.45) is 0.0614. The topological polar surface area (TPSA) is 96.4 Å². The number of likely N-dealkylation sites (tertiary alicyclic amines) is 1. The number of carboxylic acid groups (broad SMARTS) is 1. The second-order valence-corrected chi connectivity index (χ2v) is 7.78. The van der Waals surface area contributed by atoms with Crippen molar-refractivity contribution in [3.8, 4) is 0 Å². The lowest BCUT2D eigenvalue weighted by Crippen LogP contribution is -2.53. The van der Waals surface area contributed by atoms with Gasteiger partial charge in [-0.3, -0.25) is 9.69 Å². The average Bonchev–Trinajstić information content (AvgIpc) is 2.63. The molecule has 1 fully saturated rings. The van der Waals surface area contributed by atoms with Gasteiger partial charge in [0.1, 0.15) is 18.8 Å². The summed E-state index contributed by atoms with van der Waals surface area (Å²) < 4.78 is 10.7. The molecule has 0 saturated carbocycles. The number of carbonyl (C=O) groups excluding carboxylic acids is 2. The summed E-state index contributed by atoms with van der Waals surface area (Å²) in [7, 11) is 0. The minimum Gasteiger partial charge on any atom is -0.480 e. The number of ether oxygens (including phenoxy) is 2. The number of piperidine rings is 1. The summed E-state index contributed by atoms with van der Waals surface area (Å²) in [5.74, 6) is -1.13. The van der Waals surface area contributed by atoms with E-state index in [1.807, 2.05) is 30.3 Å². The van der Waals surface area contributed by atoms with Crippen LogP contribution in [-0.2, 0) is 20.9 Å². The Labute approximate surface area is 165 Å². The Bertz CT molecular complexity index is 686. The molecular formula is C20H28N2O6. The lowest BCUT2D eigenvalue weighted by molar-refractivity contribution is -0.138. The standard InChI is InChI=1S/C20H28N2O6/c1-20(2,3)28-18(25)21-11-7-10-16(12-21)22(13-17(23)24)19(26)27-14-15-8-5-4-6-9-15/h4-6,8-9,16H,7,10-14H2,1-3H3,(H,23,24)/t16-/m0/s1. The van der Waals surface area contributed by atoms with Crippen LogP contribution >= 0.6 is 0 Å². The number of amides is 2. The van der Waals surface area contributed by atoms with Crippen LogP contribution in [0.5, 0.6) is 0 Å². The smallest absolute Gasteiger partial charge is 0.410 e. The average molecular weight is 392 g/mol. The van der Waals surface area contributed by atoms with Gasteiger partial charge in [0, 0.05) is 13.1 Å². The summed E-state index contributed by atoms with van der Waals surface area (Å²) in [6, 6.07) is 8.71. The van der Waals surface area contributed by atoms with Crippen molar-refractivity contribution in [3.63, 3.8) is 0 Å². The van der Waals surface area contributed by atoms with Crippen molar-refractivity contribution in [1.29, 1.82) is 0 Å². The second kappa shape index (κ2) is 9.43. The molecule has 8 heteroatoms. The molecule has 1 saturated heterocycles. The number of nitrogens with zero attached hydrogens (tertiary/aromatic N) is 2. The van der Waals surface area contributed by atoms with Crippen molar-refractivity contribution >= 4 is 18.2 Å². The van der Waals surface area contributed by atoms with Gasteiger partial charge in [-0.15, -0.1) is 0 Å². The van der Waals surface area contributed by atoms with E-state index in [1.165, 1.54) is 9.80 Å². The molecule has 0 aliphatic carbocycles. The molecule has 0 spiro atoms. The SMILES string of the molecule is CC(C)(C)OC(=O)N1CCC[C@H](N(CC(=O)O)C(=O)OCc2ccccc2)C1. The highest BCUT2D eigenvalue weighted by Crippen LogP contribution is 2.20. The van der Waals surface area contributed by atoms with Gasteiger partial charge in [0.25, 0.3) is 0 Å². The van der Waals surface area contributed by atoms with Gasteiger partial charge >= 0.3 is 18.2 Å². The van der Waals surface area contributed by atoms with Gasteiger partial charge in [0.05, 0.1) is 6.04 Å². The molecule has 0 aromatic heterocycles. The molecule has 1 aromatic carbocycles. The van der Waals surface area contributed by atoms with E-state index >= 15 is 0 Å². The molecule has 0 bridgehead atoms. The summed E-state index contributed by atoms with van der Waals surface area (Å²) in [5, 5.41) is 9.22. The minimum absolute atomic E-state index is 0.0539. The normalized spacial score (nSPS) is 17.0. The van der Waals surface area contributed by atoms with Crippen LogP contribution in [0.2, 0.25) is 0 Å². The van der Waals surface area contributed by atoms with Crippen molar-refractivity contribution in [1.82, 2.24) is 9.80 Å². The van der Waals surface area contributed by atoms with Crippen molar-refractivity contribution in [2.75, 3.05) is 19.6 Å².